The number of ether oxygens (including phenoxy) is 2. The van der Waals surface area contributed by atoms with Gasteiger partial charge in [-0.25, -0.2) is 9.78 Å². The highest BCUT2D eigenvalue weighted by atomic mass is 16.9. The van der Waals surface area contributed by atoms with Crippen LogP contribution in [0.3, 0.4) is 0 Å². The van der Waals surface area contributed by atoms with Crippen LogP contribution in [0.4, 0.5) is 10.5 Å². The molecule has 10 heteroatoms. The molecule has 1 heterocycles. The van der Waals surface area contributed by atoms with Gasteiger partial charge >= 0.3 is 6.16 Å². The standard InChI is InChI=1S/C15H13N3O7/c1-10(19)17-12-4-6-13(7-5-12)24-15(20)25-14-11(3-2-8-16-14)9-23-18(21)22/h2-8H,9H2,1H3,(H,17,19). The predicted octanol–water partition coefficient (Wildman–Crippen LogP) is 2.33. The molecule has 0 saturated carbocycles. The normalized spacial score (nSPS) is 9.80. The molecular formula is C15H13N3O7. The van der Waals surface area contributed by atoms with Crippen molar-refractivity contribution < 1.29 is 29.0 Å². The van der Waals surface area contributed by atoms with Gasteiger partial charge in [-0.1, -0.05) is 6.07 Å². The molecule has 0 saturated heterocycles. The number of aromatic nitrogens is 1. The molecule has 0 atom stereocenters. The first kappa shape index (κ1) is 17.7. The highest BCUT2D eigenvalue weighted by Crippen LogP contribution is 2.19. The minimum absolute atomic E-state index is 0.163. The molecule has 1 N–H and O–H groups in total. The van der Waals surface area contributed by atoms with E-state index in [0.29, 0.717) is 5.69 Å². The van der Waals surface area contributed by atoms with E-state index in [1.54, 1.807) is 12.1 Å². The average Bonchev–Trinajstić information content (AvgIpc) is 2.55. The molecule has 1 aromatic carbocycles. The second-order valence-electron chi connectivity index (χ2n) is 4.62. The minimum atomic E-state index is -1.08. The van der Waals surface area contributed by atoms with E-state index in [9.17, 15) is 19.7 Å². The zero-order valence-electron chi connectivity index (χ0n) is 13.0. The highest BCUT2D eigenvalue weighted by Gasteiger charge is 2.14. The second kappa shape index (κ2) is 8.24. The van der Waals surface area contributed by atoms with E-state index >= 15 is 0 Å². The van der Waals surface area contributed by atoms with Crippen LogP contribution < -0.4 is 14.8 Å². The van der Waals surface area contributed by atoms with Crippen LogP contribution in [0, 0.1) is 10.1 Å². The van der Waals surface area contributed by atoms with E-state index in [2.05, 4.69) is 15.1 Å². The Hall–Kier alpha value is -3.69. The third-order valence-corrected chi connectivity index (χ3v) is 2.73. The van der Waals surface area contributed by atoms with Crippen LogP contribution in [0.15, 0.2) is 42.6 Å². The van der Waals surface area contributed by atoms with Gasteiger partial charge in [-0.3, -0.25) is 4.79 Å². The lowest BCUT2D eigenvalue weighted by molar-refractivity contribution is -0.763. The number of carbonyl (C=O) groups is 2. The summed E-state index contributed by atoms with van der Waals surface area (Å²) < 4.78 is 9.90. The van der Waals surface area contributed by atoms with Crippen LogP contribution in [0.2, 0.25) is 0 Å². The molecule has 0 bridgehead atoms. The highest BCUT2D eigenvalue weighted by molar-refractivity contribution is 5.88. The summed E-state index contributed by atoms with van der Waals surface area (Å²) in [5, 5.41) is 11.8. The largest absolute Gasteiger partial charge is 0.520 e. The SMILES string of the molecule is CC(=O)Nc1ccc(OC(=O)Oc2ncccc2CO[N+](=O)[O-])cc1. The van der Waals surface area contributed by atoms with Crippen LogP contribution in [-0.2, 0) is 16.2 Å². The lowest BCUT2D eigenvalue weighted by Gasteiger charge is -2.09. The zero-order chi connectivity index (χ0) is 18.2. The molecule has 0 radical (unpaired) electrons. The molecule has 1 amide bonds. The van der Waals surface area contributed by atoms with Gasteiger partial charge in [-0.05, 0) is 30.3 Å². The third-order valence-electron chi connectivity index (χ3n) is 2.73. The van der Waals surface area contributed by atoms with Crippen LogP contribution in [0.25, 0.3) is 0 Å². The molecule has 1 aromatic heterocycles. The minimum Gasteiger partial charge on any atom is -0.395 e. The predicted molar refractivity (Wildman–Crippen MR) is 83.4 cm³/mol. The quantitative estimate of drug-likeness (QED) is 0.365. The van der Waals surface area contributed by atoms with Crippen LogP contribution in [0.5, 0.6) is 11.6 Å². The maximum Gasteiger partial charge on any atom is 0.520 e. The lowest BCUT2D eigenvalue weighted by atomic mass is 10.3. The number of benzene rings is 1. The van der Waals surface area contributed by atoms with Gasteiger partial charge in [0, 0.05) is 24.4 Å². The van der Waals surface area contributed by atoms with Gasteiger partial charge in [0.25, 0.3) is 5.09 Å². The molecule has 0 spiro atoms. The van der Waals surface area contributed by atoms with E-state index in [1.165, 1.54) is 37.4 Å². The van der Waals surface area contributed by atoms with Crippen molar-refractivity contribution >= 4 is 17.7 Å². The van der Waals surface area contributed by atoms with Gasteiger partial charge in [0.2, 0.25) is 11.8 Å². The van der Waals surface area contributed by atoms with E-state index in [0.717, 1.165) is 0 Å². The molecule has 25 heavy (non-hydrogen) atoms. The molecule has 0 unspecified atom stereocenters. The smallest absolute Gasteiger partial charge is 0.395 e. The summed E-state index contributed by atoms with van der Waals surface area (Å²) in [5.41, 5.74) is 0.745. The van der Waals surface area contributed by atoms with Crippen molar-refractivity contribution in [2.75, 3.05) is 5.32 Å². The number of hydrogen-bond acceptors (Lipinski definition) is 8. The van der Waals surface area contributed by atoms with Crippen molar-refractivity contribution in [1.82, 2.24) is 4.98 Å². The fraction of sp³-hybridized carbons (Fsp3) is 0.133. The van der Waals surface area contributed by atoms with Crippen molar-refractivity contribution in [2.24, 2.45) is 0 Å². The molecule has 0 aliphatic heterocycles. The maximum atomic E-state index is 11.8. The Labute approximate surface area is 141 Å². The molecule has 2 aromatic rings. The van der Waals surface area contributed by atoms with Crippen molar-refractivity contribution in [1.29, 1.82) is 0 Å². The summed E-state index contributed by atoms with van der Waals surface area (Å²) in [6.45, 7) is 0.948. The van der Waals surface area contributed by atoms with Gasteiger partial charge in [0.05, 0.1) is 0 Å². The summed E-state index contributed by atoms with van der Waals surface area (Å²) >= 11 is 0. The number of hydrogen-bond donors (Lipinski definition) is 1. The van der Waals surface area contributed by atoms with E-state index in [-0.39, 0.29) is 23.1 Å². The van der Waals surface area contributed by atoms with Gasteiger partial charge in [0.15, 0.2) is 0 Å². The van der Waals surface area contributed by atoms with E-state index < -0.39 is 17.8 Å². The zero-order valence-corrected chi connectivity index (χ0v) is 13.0. The number of nitrogens with one attached hydrogen (secondary N) is 1. The average molecular weight is 347 g/mol. The van der Waals surface area contributed by atoms with Gasteiger partial charge < -0.3 is 19.6 Å². The Bertz CT molecular complexity index is 777. The molecule has 130 valence electrons. The molecule has 10 nitrogen and oxygen atoms in total. The summed E-state index contributed by atoms with van der Waals surface area (Å²) in [5.74, 6) is -0.213. The monoisotopic (exact) mass is 347 g/mol. The van der Waals surface area contributed by atoms with Crippen LogP contribution in [0.1, 0.15) is 12.5 Å². The first-order chi connectivity index (χ1) is 11.9. The number of nitrogens with zero attached hydrogens (tertiary/aromatic N) is 2. The number of anilines is 1. The van der Waals surface area contributed by atoms with Crippen molar-refractivity contribution in [3.05, 3.63) is 58.3 Å². The summed E-state index contributed by atoms with van der Waals surface area (Å²) in [6.07, 6.45) is 0.272. The van der Waals surface area contributed by atoms with Crippen LogP contribution in [-0.4, -0.2) is 22.1 Å². The Morgan fingerprint density at radius 2 is 1.92 bits per heavy atom. The molecule has 2 rings (SSSR count). The van der Waals surface area contributed by atoms with Crippen LogP contribution >= 0.6 is 0 Å². The number of pyridine rings is 1. The van der Waals surface area contributed by atoms with Gasteiger partial charge in [-0.15, -0.1) is 10.1 Å². The van der Waals surface area contributed by atoms with Gasteiger partial charge in [0.1, 0.15) is 12.4 Å². The summed E-state index contributed by atoms with van der Waals surface area (Å²) in [4.78, 5) is 41.0. The third kappa shape index (κ3) is 5.78. The fourth-order valence-corrected chi connectivity index (χ4v) is 1.75. The first-order valence-electron chi connectivity index (χ1n) is 6.92. The molecule has 0 aliphatic carbocycles. The number of rotatable bonds is 6. The van der Waals surface area contributed by atoms with Crippen molar-refractivity contribution in [3.63, 3.8) is 0 Å². The van der Waals surface area contributed by atoms with Crippen molar-refractivity contribution in [2.45, 2.75) is 13.5 Å². The van der Waals surface area contributed by atoms with E-state index in [4.69, 9.17) is 9.47 Å². The lowest BCUT2D eigenvalue weighted by Crippen LogP contribution is -2.16. The summed E-state index contributed by atoms with van der Waals surface area (Å²) in [7, 11) is 0. The Balaban J connectivity index is 1.98. The second-order valence-corrected chi connectivity index (χ2v) is 4.62. The fourth-order valence-electron chi connectivity index (χ4n) is 1.75. The Kier molecular flexibility index (Phi) is 5.82. The van der Waals surface area contributed by atoms with E-state index in [1.807, 2.05) is 0 Å². The first-order valence-corrected chi connectivity index (χ1v) is 6.92. The molecular weight excluding hydrogens is 334 g/mol. The van der Waals surface area contributed by atoms with Gasteiger partial charge in [-0.2, -0.15) is 0 Å². The Morgan fingerprint density at radius 1 is 1.20 bits per heavy atom. The summed E-state index contributed by atoms with van der Waals surface area (Å²) in [6, 6.07) is 8.98. The maximum absolute atomic E-state index is 11.8. The topological polar surface area (TPSA) is 130 Å². The molecule has 0 aliphatic rings. The number of carbonyl (C=O) groups excluding carboxylic acids is 2. The number of amides is 1. The molecule has 0 fully saturated rings. The Morgan fingerprint density at radius 3 is 2.56 bits per heavy atom. The van der Waals surface area contributed by atoms with Crippen molar-refractivity contribution in [3.8, 4) is 11.6 Å².